The van der Waals surface area contributed by atoms with Crippen LogP contribution < -0.4 is 21.6 Å². The van der Waals surface area contributed by atoms with Gasteiger partial charge in [0.25, 0.3) is 13.9 Å². The normalized spacial score (nSPS) is 13.4. The first-order valence-electron chi connectivity index (χ1n) is 14.2. The molecule has 6 nitrogen and oxygen atoms in total. The topological polar surface area (TPSA) is 62.5 Å². The second-order valence-electron chi connectivity index (χ2n) is 13.3. The highest BCUT2D eigenvalue weighted by Crippen LogP contribution is 2.39. The van der Waals surface area contributed by atoms with E-state index in [2.05, 4.69) is 115 Å². The molecule has 0 aliphatic heterocycles. The van der Waals surface area contributed by atoms with Gasteiger partial charge in [-0.1, -0.05) is 114 Å². The highest BCUT2D eigenvalue weighted by atomic mass is 28.4. The Bertz CT molecular complexity index is 1460. The van der Waals surface area contributed by atoms with E-state index in [1.165, 1.54) is 28.2 Å². The lowest BCUT2D eigenvalue weighted by Gasteiger charge is -2.45. The minimum Gasteiger partial charge on any atom is -0.411 e. The smallest absolute Gasteiger partial charge is 0.330 e. The van der Waals surface area contributed by atoms with E-state index < -0.39 is 22.2 Å². The molecule has 1 heterocycles. The molecule has 8 heteroatoms. The summed E-state index contributed by atoms with van der Waals surface area (Å²) in [5, 5.41) is 2.27. The van der Waals surface area contributed by atoms with Crippen molar-refractivity contribution in [3.8, 4) is 11.8 Å². The number of benzene rings is 2. The van der Waals surface area contributed by atoms with Gasteiger partial charge in [0.2, 0.25) is 0 Å². The number of hydrogen-bond acceptors (Lipinski definition) is 4. The molecule has 1 atom stereocenters. The van der Waals surface area contributed by atoms with Gasteiger partial charge in [-0.05, 0) is 33.5 Å². The third-order valence-corrected chi connectivity index (χ3v) is 17.7. The van der Waals surface area contributed by atoms with Crippen LogP contribution in [0.15, 0.2) is 76.4 Å². The Morgan fingerprint density at radius 3 is 1.80 bits per heavy atom. The SMILES string of the molecule is Cn1cc(C#CC[C@@H](CO[Si](c2ccccc2)(c2ccccc2)C(C)(C)C)O[Si](C)(C)C(C)(C)C)c(=O)n(C)c1=O. The summed E-state index contributed by atoms with van der Waals surface area (Å²) < 4.78 is 16.6. The predicted molar refractivity (Wildman–Crippen MR) is 174 cm³/mol. The van der Waals surface area contributed by atoms with E-state index in [9.17, 15) is 9.59 Å². The third-order valence-electron chi connectivity index (χ3n) is 8.17. The second kappa shape index (κ2) is 12.5. The maximum Gasteiger partial charge on any atom is 0.330 e. The summed E-state index contributed by atoms with van der Waals surface area (Å²) in [5.41, 5.74) is -0.488. The van der Waals surface area contributed by atoms with Gasteiger partial charge in [0.1, 0.15) is 5.56 Å². The molecule has 41 heavy (non-hydrogen) atoms. The van der Waals surface area contributed by atoms with Crippen molar-refractivity contribution in [2.45, 2.75) is 77.2 Å². The van der Waals surface area contributed by atoms with Crippen LogP contribution in [0.4, 0.5) is 0 Å². The Balaban J connectivity index is 2.06. The first kappa shape index (κ1) is 32.5. The van der Waals surface area contributed by atoms with Crippen LogP contribution in [-0.2, 0) is 22.9 Å². The van der Waals surface area contributed by atoms with Gasteiger partial charge in [0.15, 0.2) is 8.32 Å². The van der Waals surface area contributed by atoms with E-state index in [1.807, 2.05) is 12.1 Å². The summed E-state index contributed by atoms with van der Waals surface area (Å²) >= 11 is 0. The molecule has 0 saturated heterocycles. The van der Waals surface area contributed by atoms with Gasteiger partial charge in [-0.2, -0.15) is 0 Å². The number of aromatic nitrogens is 2. The molecule has 0 N–H and O–H groups in total. The van der Waals surface area contributed by atoms with Gasteiger partial charge < -0.3 is 13.4 Å². The quantitative estimate of drug-likeness (QED) is 0.280. The Morgan fingerprint density at radius 1 is 0.829 bits per heavy atom. The van der Waals surface area contributed by atoms with Crippen LogP contribution in [0.1, 0.15) is 53.5 Å². The molecule has 0 aliphatic carbocycles. The van der Waals surface area contributed by atoms with Crippen molar-refractivity contribution >= 4 is 27.0 Å². The number of hydrogen-bond donors (Lipinski definition) is 0. The third kappa shape index (κ3) is 7.10. The van der Waals surface area contributed by atoms with Crippen LogP contribution in [-0.4, -0.2) is 38.5 Å². The van der Waals surface area contributed by atoms with Gasteiger partial charge in [-0.15, -0.1) is 0 Å². The zero-order valence-electron chi connectivity index (χ0n) is 26.4. The molecule has 220 valence electrons. The van der Waals surface area contributed by atoms with Crippen molar-refractivity contribution in [3.05, 3.63) is 93.3 Å². The molecule has 0 spiro atoms. The van der Waals surface area contributed by atoms with Crippen molar-refractivity contribution < 1.29 is 8.85 Å². The molecular formula is C33H46N2O4Si2. The average Bonchev–Trinajstić information content (AvgIpc) is 2.90. The molecule has 3 rings (SSSR count). The Kier molecular flexibility index (Phi) is 9.92. The van der Waals surface area contributed by atoms with Gasteiger partial charge in [0.05, 0.1) is 12.7 Å². The maximum atomic E-state index is 12.7. The lowest BCUT2D eigenvalue weighted by atomic mass is 10.2. The summed E-state index contributed by atoms with van der Waals surface area (Å²) in [5.74, 6) is 6.21. The van der Waals surface area contributed by atoms with Crippen LogP contribution in [0.25, 0.3) is 0 Å². The average molecular weight is 591 g/mol. The van der Waals surface area contributed by atoms with Gasteiger partial charge in [-0.25, -0.2) is 4.79 Å². The molecule has 3 aromatic rings. The summed E-state index contributed by atoms with van der Waals surface area (Å²) in [4.78, 5) is 24.8. The summed E-state index contributed by atoms with van der Waals surface area (Å²) in [7, 11) is -1.86. The summed E-state index contributed by atoms with van der Waals surface area (Å²) in [6, 6.07) is 21.1. The lowest BCUT2D eigenvalue weighted by molar-refractivity contribution is 0.113. The van der Waals surface area contributed by atoms with Crippen molar-refractivity contribution in [3.63, 3.8) is 0 Å². The van der Waals surface area contributed by atoms with Crippen molar-refractivity contribution in [2.75, 3.05) is 6.61 Å². The largest absolute Gasteiger partial charge is 0.411 e. The van der Waals surface area contributed by atoms with Crippen molar-refractivity contribution in [1.82, 2.24) is 9.13 Å². The van der Waals surface area contributed by atoms with Crippen LogP contribution in [0, 0.1) is 11.8 Å². The predicted octanol–water partition coefficient (Wildman–Crippen LogP) is 4.79. The van der Waals surface area contributed by atoms with Gasteiger partial charge >= 0.3 is 5.69 Å². The molecule has 0 bridgehead atoms. The van der Waals surface area contributed by atoms with E-state index in [0.717, 1.165) is 4.57 Å². The second-order valence-corrected chi connectivity index (χ2v) is 22.3. The fraction of sp³-hybridized carbons (Fsp3) is 0.455. The minimum atomic E-state index is -2.77. The number of nitrogens with zero attached hydrogens (tertiary/aromatic N) is 2. The fourth-order valence-corrected chi connectivity index (χ4v) is 10.8. The van der Waals surface area contributed by atoms with Crippen molar-refractivity contribution in [2.24, 2.45) is 14.1 Å². The molecular weight excluding hydrogens is 545 g/mol. The van der Waals surface area contributed by atoms with E-state index >= 15 is 0 Å². The number of rotatable bonds is 8. The zero-order valence-corrected chi connectivity index (χ0v) is 28.4. The van der Waals surface area contributed by atoms with Gasteiger partial charge in [0, 0.05) is 26.7 Å². The standard InChI is InChI=1S/C33H46N2O4Si2/c1-32(2,3)40(9,10)39-27(19-17-18-26-24-34(7)31(37)35(8)30(26)36)25-38-41(33(4,5)6,28-20-13-11-14-21-28)29-22-15-12-16-23-29/h11-16,20-24,27H,19,25H2,1-10H3/t27-/m0/s1. The highest BCUT2D eigenvalue weighted by molar-refractivity contribution is 6.99. The monoisotopic (exact) mass is 590 g/mol. The Hall–Kier alpha value is -2.97. The number of aryl methyl sites for hydroxylation is 1. The summed E-state index contributed by atoms with van der Waals surface area (Å²) in [6.45, 7) is 18.3. The molecule has 2 aromatic carbocycles. The zero-order chi connectivity index (χ0) is 30.6. The summed E-state index contributed by atoms with van der Waals surface area (Å²) in [6.07, 6.45) is 1.61. The first-order valence-corrected chi connectivity index (χ1v) is 19.0. The minimum absolute atomic E-state index is 0.00370. The Labute approximate surface area is 247 Å². The van der Waals surface area contributed by atoms with Crippen LogP contribution >= 0.6 is 0 Å². The maximum absolute atomic E-state index is 12.7. The van der Waals surface area contributed by atoms with Crippen molar-refractivity contribution in [1.29, 1.82) is 0 Å². The molecule has 0 amide bonds. The van der Waals surface area contributed by atoms with Crippen LogP contribution in [0.5, 0.6) is 0 Å². The van der Waals surface area contributed by atoms with E-state index in [-0.39, 0.29) is 27.4 Å². The van der Waals surface area contributed by atoms with E-state index in [0.29, 0.717) is 13.0 Å². The highest BCUT2D eigenvalue weighted by Gasteiger charge is 2.50. The van der Waals surface area contributed by atoms with Crippen LogP contribution in [0.3, 0.4) is 0 Å². The molecule has 0 fully saturated rings. The molecule has 0 aliphatic rings. The molecule has 0 unspecified atom stereocenters. The fourth-order valence-electron chi connectivity index (χ4n) is 4.86. The van der Waals surface area contributed by atoms with E-state index in [1.54, 1.807) is 7.05 Å². The van der Waals surface area contributed by atoms with Crippen LogP contribution in [0.2, 0.25) is 23.2 Å². The van der Waals surface area contributed by atoms with E-state index in [4.69, 9.17) is 8.85 Å². The molecule has 0 radical (unpaired) electrons. The molecule has 0 saturated carbocycles. The first-order chi connectivity index (χ1) is 19.0. The Morgan fingerprint density at radius 2 is 1.34 bits per heavy atom. The lowest BCUT2D eigenvalue weighted by Crippen LogP contribution is -2.67. The molecule has 1 aromatic heterocycles. The van der Waals surface area contributed by atoms with Gasteiger partial charge in [-0.3, -0.25) is 9.36 Å².